The minimum absolute atomic E-state index is 0.0646. The molecule has 1 aromatic rings. The van der Waals surface area contributed by atoms with E-state index < -0.39 is 0 Å². The van der Waals surface area contributed by atoms with Crippen molar-refractivity contribution in [1.82, 2.24) is 24.8 Å². The highest BCUT2D eigenvalue weighted by molar-refractivity contribution is 5.91. The van der Waals surface area contributed by atoms with E-state index in [9.17, 15) is 4.79 Å². The number of likely N-dealkylation sites (tertiary alicyclic amines) is 1. The van der Waals surface area contributed by atoms with Crippen molar-refractivity contribution >= 4 is 5.91 Å². The topological polar surface area (TPSA) is 89.5 Å². The summed E-state index contributed by atoms with van der Waals surface area (Å²) in [5.41, 5.74) is 5.89. The number of aromatic nitrogens is 3. The summed E-state index contributed by atoms with van der Waals surface area (Å²) in [6, 6.07) is 0. The maximum absolute atomic E-state index is 12.7. The van der Waals surface area contributed by atoms with E-state index in [0.717, 1.165) is 26.1 Å². The van der Waals surface area contributed by atoms with Gasteiger partial charge in [-0.15, -0.1) is 5.10 Å². The molecule has 0 radical (unpaired) electrons. The van der Waals surface area contributed by atoms with E-state index >= 15 is 0 Å². The highest BCUT2D eigenvalue weighted by Crippen LogP contribution is 2.14. The van der Waals surface area contributed by atoms with Crippen LogP contribution in [0, 0.1) is 0 Å². The molecule has 3 rings (SSSR count). The van der Waals surface area contributed by atoms with Crippen LogP contribution in [0.4, 0.5) is 0 Å². The summed E-state index contributed by atoms with van der Waals surface area (Å²) in [7, 11) is 0. The molecule has 1 aromatic heterocycles. The summed E-state index contributed by atoms with van der Waals surface area (Å²) in [4.78, 5) is 16.9. The van der Waals surface area contributed by atoms with Gasteiger partial charge in [0.05, 0.1) is 18.8 Å². The van der Waals surface area contributed by atoms with Gasteiger partial charge in [0.15, 0.2) is 5.69 Å². The van der Waals surface area contributed by atoms with Crippen LogP contribution in [0.2, 0.25) is 0 Å². The molecule has 8 heteroatoms. The van der Waals surface area contributed by atoms with E-state index in [2.05, 4.69) is 15.2 Å². The zero-order valence-corrected chi connectivity index (χ0v) is 13.6. The van der Waals surface area contributed by atoms with Gasteiger partial charge in [0.1, 0.15) is 0 Å². The minimum atomic E-state index is -0.0646. The third-order valence-corrected chi connectivity index (χ3v) is 4.41. The second-order valence-electron chi connectivity index (χ2n) is 6.26. The average Bonchev–Trinajstić information content (AvgIpc) is 3.16. The lowest BCUT2D eigenvalue weighted by molar-refractivity contribution is 0.0296. The predicted octanol–water partition coefficient (Wildman–Crippen LogP) is -0.436. The second-order valence-corrected chi connectivity index (χ2v) is 6.26. The monoisotopic (exact) mass is 322 g/mol. The molecule has 0 unspecified atom stereocenters. The zero-order chi connectivity index (χ0) is 16.1. The molecule has 2 fully saturated rings. The molecule has 0 aromatic carbocycles. The summed E-state index contributed by atoms with van der Waals surface area (Å²) < 4.78 is 7.55. The first-order chi connectivity index (χ1) is 11.3. The summed E-state index contributed by atoms with van der Waals surface area (Å²) in [6.07, 6.45) is 5.15. The van der Waals surface area contributed by atoms with Gasteiger partial charge in [-0.1, -0.05) is 5.21 Å². The number of nitrogens with two attached hydrogens (primary N) is 1. The standard InChI is InChI=1S/C15H26N6O2/c16-4-8-21-12-14(17-18-21)15(22)20-7-3-9-23-13(11-20)10-19-5-1-2-6-19/h12-13H,1-11,16H2/t13-/m1/s1. The fourth-order valence-electron chi connectivity index (χ4n) is 3.24. The minimum Gasteiger partial charge on any atom is -0.375 e. The lowest BCUT2D eigenvalue weighted by Gasteiger charge is -2.26. The molecule has 8 nitrogen and oxygen atoms in total. The van der Waals surface area contributed by atoms with E-state index in [4.69, 9.17) is 10.5 Å². The Balaban J connectivity index is 1.61. The third-order valence-electron chi connectivity index (χ3n) is 4.41. The van der Waals surface area contributed by atoms with Crippen molar-refractivity contribution in [2.45, 2.75) is 31.9 Å². The van der Waals surface area contributed by atoms with Gasteiger partial charge in [-0.25, -0.2) is 0 Å². The first-order valence-corrected chi connectivity index (χ1v) is 8.49. The Hall–Kier alpha value is -1.51. The van der Waals surface area contributed by atoms with Crippen molar-refractivity contribution < 1.29 is 9.53 Å². The largest absolute Gasteiger partial charge is 0.375 e. The van der Waals surface area contributed by atoms with Crippen LogP contribution < -0.4 is 5.73 Å². The van der Waals surface area contributed by atoms with Gasteiger partial charge in [0.2, 0.25) is 0 Å². The Kier molecular flexibility index (Phi) is 5.58. The number of carbonyl (C=O) groups excluding carboxylic acids is 1. The lowest BCUT2D eigenvalue weighted by atomic mass is 10.2. The highest BCUT2D eigenvalue weighted by Gasteiger charge is 2.27. The second kappa shape index (κ2) is 7.85. The molecule has 1 amide bonds. The van der Waals surface area contributed by atoms with Crippen molar-refractivity contribution in [1.29, 1.82) is 0 Å². The Morgan fingerprint density at radius 3 is 2.91 bits per heavy atom. The molecule has 0 bridgehead atoms. The Bertz CT molecular complexity index is 514. The van der Waals surface area contributed by atoms with Crippen molar-refractivity contribution in [2.75, 3.05) is 45.9 Å². The Labute approximate surface area is 136 Å². The summed E-state index contributed by atoms with van der Waals surface area (Å²) >= 11 is 0. The van der Waals surface area contributed by atoms with E-state index in [1.54, 1.807) is 10.9 Å². The quantitative estimate of drug-likeness (QED) is 0.791. The SMILES string of the molecule is NCCn1cc(C(=O)N2CCCO[C@H](CN3CCCC3)C2)nn1. The van der Waals surface area contributed by atoms with Crippen LogP contribution in [-0.4, -0.2) is 82.7 Å². The lowest BCUT2D eigenvalue weighted by Crippen LogP contribution is -2.42. The number of hydrogen-bond acceptors (Lipinski definition) is 6. The first kappa shape index (κ1) is 16.4. The number of amides is 1. The number of hydrogen-bond donors (Lipinski definition) is 1. The van der Waals surface area contributed by atoms with Gasteiger partial charge in [-0.2, -0.15) is 0 Å². The van der Waals surface area contributed by atoms with E-state index in [-0.39, 0.29) is 12.0 Å². The van der Waals surface area contributed by atoms with Crippen molar-refractivity contribution in [3.8, 4) is 0 Å². The van der Waals surface area contributed by atoms with Gasteiger partial charge in [-0.05, 0) is 32.4 Å². The van der Waals surface area contributed by atoms with Crippen LogP contribution >= 0.6 is 0 Å². The van der Waals surface area contributed by atoms with E-state index in [1.807, 2.05) is 4.90 Å². The maximum Gasteiger partial charge on any atom is 0.276 e. The maximum atomic E-state index is 12.7. The Morgan fingerprint density at radius 1 is 1.30 bits per heavy atom. The smallest absolute Gasteiger partial charge is 0.276 e. The van der Waals surface area contributed by atoms with E-state index in [0.29, 0.717) is 38.5 Å². The van der Waals surface area contributed by atoms with Crippen molar-refractivity contribution in [3.05, 3.63) is 11.9 Å². The van der Waals surface area contributed by atoms with Gasteiger partial charge < -0.3 is 20.3 Å². The molecular weight excluding hydrogens is 296 g/mol. The molecule has 3 heterocycles. The first-order valence-electron chi connectivity index (χ1n) is 8.49. The molecule has 2 saturated heterocycles. The summed E-state index contributed by atoms with van der Waals surface area (Å²) in [5, 5.41) is 7.93. The number of carbonyl (C=O) groups is 1. The fraction of sp³-hybridized carbons (Fsp3) is 0.800. The average molecular weight is 322 g/mol. The molecular formula is C15H26N6O2. The van der Waals surface area contributed by atoms with Crippen LogP contribution in [0.15, 0.2) is 6.20 Å². The molecule has 23 heavy (non-hydrogen) atoms. The molecule has 2 aliphatic heterocycles. The normalized spacial score (nSPS) is 23.2. The molecule has 0 spiro atoms. The fourth-order valence-corrected chi connectivity index (χ4v) is 3.24. The molecule has 128 valence electrons. The molecule has 2 N–H and O–H groups in total. The van der Waals surface area contributed by atoms with Gasteiger partial charge in [0.25, 0.3) is 5.91 Å². The molecule has 1 atom stereocenters. The predicted molar refractivity (Wildman–Crippen MR) is 85.0 cm³/mol. The van der Waals surface area contributed by atoms with Gasteiger partial charge in [-0.3, -0.25) is 9.48 Å². The zero-order valence-electron chi connectivity index (χ0n) is 13.6. The van der Waals surface area contributed by atoms with Crippen LogP contribution in [0.25, 0.3) is 0 Å². The van der Waals surface area contributed by atoms with Crippen LogP contribution in [0.3, 0.4) is 0 Å². The molecule has 2 aliphatic rings. The summed E-state index contributed by atoms with van der Waals surface area (Å²) in [6.45, 7) is 6.28. The molecule has 0 saturated carbocycles. The van der Waals surface area contributed by atoms with Crippen LogP contribution in [0.1, 0.15) is 29.8 Å². The van der Waals surface area contributed by atoms with Gasteiger partial charge in [0, 0.05) is 32.8 Å². The highest BCUT2D eigenvalue weighted by atomic mass is 16.5. The van der Waals surface area contributed by atoms with Crippen molar-refractivity contribution in [3.63, 3.8) is 0 Å². The molecule has 0 aliphatic carbocycles. The number of ether oxygens (including phenoxy) is 1. The number of rotatable bonds is 5. The summed E-state index contributed by atoms with van der Waals surface area (Å²) in [5.74, 6) is -0.0646. The van der Waals surface area contributed by atoms with Crippen LogP contribution in [-0.2, 0) is 11.3 Å². The Morgan fingerprint density at radius 2 is 2.13 bits per heavy atom. The van der Waals surface area contributed by atoms with Crippen molar-refractivity contribution in [2.24, 2.45) is 5.73 Å². The van der Waals surface area contributed by atoms with Gasteiger partial charge >= 0.3 is 0 Å². The van der Waals surface area contributed by atoms with E-state index in [1.165, 1.54) is 12.8 Å². The van der Waals surface area contributed by atoms with Crippen LogP contribution in [0.5, 0.6) is 0 Å². The third kappa shape index (κ3) is 4.27. The number of nitrogens with zero attached hydrogens (tertiary/aromatic N) is 5.